The Bertz CT molecular complexity index is 1200. The van der Waals surface area contributed by atoms with E-state index >= 15 is 0 Å². The lowest BCUT2D eigenvalue weighted by Gasteiger charge is -2.05. The van der Waals surface area contributed by atoms with Gasteiger partial charge in [0.05, 0.1) is 17.9 Å². The van der Waals surface area contributed by atoms with Crippen molar-refractivity contribution in [2.45, 2.75) is 32.9 Å². The van der Waals surface area contributed by atoms with Crippen molar-refractivity contribution in [2.24, 2.45) is 0 Å². The van der Waals surface area contributed by atoms with E-state index in [1.165, 1.54) is 0 Å². The van der Waals surface area contributed by atoms with Crippen LogP contribution < -0.4 is 5.56 Å². The lowest BCUT2D eigenvalue weighted by molar-refractivity contribution is 0.181. The summed E-state index contributed by atoms with van der Waals surface area (Å²) < 4.78 is 8.43. The van der Waals surface area contributed by atoms with Crippen molar-refractivity contribution in [3.8, 4) is 11.1 Å². The number of methoxy groups -OCH3 is 1. The molecule has 0 radical (unpaired) electrons. The van der Waals surface area contributed by atoms with Gasteiger partial charge in [-0.3, -0.25) is 9.36 Å². The number of ether oxygens (including phenoxy) is 1. The predicted molar refractivity (Wildman–Crippen MR) is 106 cm³/mol. The SMILES string of the molecule is CCCCn1cnc2c(nnc3c(-c4ccc(Cl)cc4)c(COC)nn32)c1=O. The monoisotopic (exact) mass is 398 g/mol. The molecule has 0 bridgehead atoms. The van der Waals surface area contributed by atoms with Crippen molar-refractivity contribution in [1.82, 2.24) is 29.4 Å². The molecular formula is C19H19ClN6O2. The fourth-order valence-electron chi connectivity index (χ4n) is 3.14. The second-order valence-corrected chi connectivity index (χ2v) is 6.90. The highest BCUT2D eigenvalue weighted by atomic mass is 35.5. The van der Waals surface area contributed by atoms with Crippen LogP contribution in [0.3, 0.4) is 0 Å². The Morgan fingerprint density at radius 2 is 1.93 bits per heavy atom. The van der Waals surface area contributed by atoms with Gasteiger partial charge in [0, 0.05) is 18.7 Å². The van der Waals surface area contributed by atoms with Gasteiger partial charge >= 0.3 is 0 Å². The number of aromatic nitrogens is 6. The number of hydrogen-bond donors (Lipinski definition) is 0. The number of aryl methyl sites for hydroxylation is 1. The molecule has 0 N–H and O–H groups in total. The van der Waals surface area contributed by atoms with E-state index in [1.54, 1.807) is 34.7 Å². The highest BCUT2D eigenvalue weighted by Crippen LogP contribution is 2.29. The average molecular weight is 399 g/mol. The number of unbranched alkanes of at least 4 members (excludes halogenated alkanes) is 1. The number of halogens is 1. The molecule has 4 aromatic rings. The van der Waals surface area contributed by atoms with Crippen molar-refractivity contribution >= 4 is 28.4 Å². The van der Waals surface area contributed by atoms with Gasteiger partial charge in [-0.15, -0.1) is 10.2 Å². The molecule has 1 aromatic carbocycles. The van der Waals surface area contributed by atoms with E-state index in [-0.39, 0.29) is 17.7 Å². The Balaban J connectivity index is 1.96. The molecule has 4 rings (SSSR count). The molecule has 0 spiro atoms. The summed E-state index contributed by atoms with van der Waals surface area (Å²) in [6, 6.07) is 7.38. The number of rotatable bonds is 6. The van der Waals surface area contributed by atoms with Gasteiger partial charge in [-0.05, 0) is 24.1 Å². The maximum Gasteiger partial charge on any atom is 0.283 e. The topological polar surface area (TPSA) is 87.2 Å². The summed E-state index contributed by atoms with van der Waals surface area (Å²) in [6.45, 7) is 2.96. The third-order valence-corrected chi connectivity index (χ3v) is 4.79. The van der Waals surface area contributed by atoms with E-state index in [9.17, 15) is 4.79 Å². The van der Waals surface area contributed by atoms with Crippen molar-refractivity contribution in [2.75, 3.05) is 7.11 Å². The zero-order valence-electron chi connectivity index (χ0n) is 15.6. The molecule has 0 fully saturated rings. The third-order valence-electron chi connectivity index (χ3n) is 4.54. The van der Waals surface area contributed by atoms with E-state index in [0.29, 0.717) is 28.6 Å². The van der Waals surface area contributed by atoms with Crippen LogP contribution in [0.4, 0.5) is 0 Å². The van der Waals surface area contributed by atoms with Crippen LogP contribution in [-0.4, -0.2) is 36.5 Å². The Morgan fingerprint density at radius 1 is 1.14 bits per heavy atom. The zero-order valence-corrected chi connectivity index (χ0v) is 16.3. The van der Waals surface area contributed by atoms with E-state index < -0.39 is 0 Å². The zero-order chi connectivity index (χ0) is 19.7. The first-order chi connectivity index (χ1) is 13.6. The van der Waals surface area contributed by atoms with Gasteiger partial charge in [-0.2, -0.15) is 9.61 Å². The van der Waals surface area contributed by atoms with Crippen LogP contribution in [0.25, 0.3) is 27.9 Å². The molecule has 0 aliphatic carbocycles. The summed E-state index contributed by atoms with van der Waals surface area (Å²) in [5, 5.41) is 13.7. The highest BCUT2D eigenvalue weighted by molar-refractivity contribution is 6.30. The predicted octanol–water partition coefficient (Wildman–Crippen LogP) is 3.10. The molecule has 0 atom stereocenters. The minimum absolute atomic E-state index is 0.195. The van der Waals surface area contributed by atoms with E-state index in [1.807, 2.05) is 12.1 Å². The van der Waals surface area contributed by atoms with Gasteiger partial charge in [0.25, 0.3) is 5.56 Å². The van der Waals surface area contributed by atoms with Gasteiger partial charge < -0.3 is 4.74 Å². The average Bonchev–Trinajstić information content (AvgIpc) is 3.07. The Morgan fingerprint density at radius 3 is 2.64 bits per heavy atom. The lowest BCUT2D eigenvalue weighted by atomic mass is 10.1. The van der Waals surface area contributed by atoms with Crippen LogP contribution in [0.15, 0.2) is 35.4 Å². The largest absolute Gasteiger partial charge is 0.378 e. The Kier molecular flexibility index (Phi) is 5.06. The number of hydrogen-bond acceptors (Lipinski definition) is 6. The van der Waals surface area contributed by atoms with Gasteiger partial charge in [0.1, 0.15) is 6.33 Å². The second-order valence-electron chi connectivity index (χ2n) is 6.47. The van der Waals surface area contributed by atoms with Crippen molar-refractivity contribution in [3.63, 3.8) is 0 Å². The molecule has 3 aromatic heterocycles. The molecule has 28 heavy (non-hydrogen) atoms. The van der Waals surface area contributed by atoms with Crippen LogP contribution in [0, 0.1) is 0 Å². The first-order valence-electron chi connectivity index (χ1n) is 9.02. The molecular weight excluding hydrogens is 380 g/mol. The summed E-state index contributed by atoms with van der Waals surface area (Å²) in [6.07, 6.45) is 3.42. The smallest absolute Gasteiger partial charge is 0.283 e. The Labute approximate surface area is 165 Å². The molecule has 0 unspecified atom stereocenters. The van der Waals surface area contributed by atoms with Crippen molar-refractivity contribution in [1.29, 1.82) is 0 Å². The van der Waals surface area contributed by atoms with Crippen LogP contribution in [0.2, 0.25) is 5.02 Å². The molecule has 9 heteroatoms. The van der Waals surface area contributed by atoms with Gasteiger partial charge in [0.2, 0.25) is 0 Å². The maximum absolute atomic E-state index is 12.7. The van der Waals surface area contributed by atoms with Crippen LogP contribution in [0.5, 0.6) is 0 Å². The molecule has 0 saturated heterocycles. The lowest BCUT2D eigenvalue weighted by Crippen LogP contribution is -2.23. The minimum Gasteiger partial charge on any atom is -0.378 e. The molecule has 0 amide bonds. The van der Waals surface area contributed by atoms with E-state index in [4.69, 9.17) is 16.3 Å². The standard InChI is InChI=1S/C19H19ClN6O2/c1-3-4-9-25-11-21-18-16(19(25)27)22-23-17-15(12-5-7-13(20)8-6-12)14(10-28-2)24-26(17)18/h5-8,11H,3-4,9-10H2,1-2H3. The summed E-state index contributed by atoms with van der Waals surface area (Å²) in [5.41, 5.74) is 3.22. The molecule has 144 valence electrons. The Hall–Kier alpha value is -2.84. The first-order valence-corrected chi connectivity index (χ1v) is 9.40. The van der Waals surface area contributed by atoms with Gasteiger partial charge in [-0.1, -0.05) is 37.1 Å². The molecule has 3 heterocycles. The van der Waals surface area contributed by atoms with Gasteiger partial charge in [-0.25, -0.2) is 4.98 Å². The first kappa shape index (κ1) is 18.5. The van der Waals surface area contributed by atoms with Crippen LogP contribution >= 0.6 is 11.6 Å². The van der Waals surface area contributed by atoms with Gasteiger partial charge in [0.15, 0.2) is 16.8 Å². The molecule has 0 aliphatic rings. The normalized spacial score (nSPS) is 11.5. The molecule has 8 nitrogen and oxygen atoms in total. The van der Waals surface area contributed by atoms with Crippen LogP contribution in [-0.2, 0) is 17.9 Å². The number of benzene rings is 1. The molecule has 0 saturated carbocycles. The summed E-state index contributed by atoms with van der Waals surface area (Å²) >= 11 is 6.02. The number of fused-ring (bicyclic) bond motifs is 3. The van der Waals surface area contributed by atoms with Crippen molar-refractivity contribution in [3.05, 3.63) is 51.7 Å². The van der Waals surface area contributed by atoms with Crippen molar-refractivity contribution < 1.29 is 4.74 Å². The number of nitrogens with zero attached hydrogens (tertiary/aromatic N) is 6. The maximum atomic E-state index is 12.7. The fraction of sp³-hybridized carbons (Fsp3) is 0.316. The summed E-state index contributed by atoms with van der Waals surface area (Å²) in [5.74, 6) is 0. The van der Waals surface area contributed by atoms with E-state index in [0.717, 1.165) is 24.0 Å². The molecule has 0 aliphatic heterocycles. The van der Waals surface area contributed by atoms with Crippen LogP contribution in [0.1, 0.15) is 25.5 Å². The van der Waals surface area contributed by atoms with E-state index in [2.05, 4.69) is 27.2 Å². The second kappa shape index (κ2) is 7.65. The quantitative estimate of drug-likeness (QED) is 0.496. The minimum atomic E-state index is -0.218. The summed E-state index contributed by atoms with van der Waals surface area (Å²) in [7, 11) is 1.60. The third kappa shape index (κ3) is 3.14. The highest BCUT2D eigenvalue weighted by Gasteiger charge is 2.20. The fourth-order valence-corrected chi connectivity index (χ4v) is 3.27. The summed E-state index contributed by atoms with van der Waals surface area (Å²) in [4.78, 5) is 17.2.